The number of likely N-dealkylation sites (N-methyl/N-ethyl adjacent to an activating group) is 1. The van der Waals surface area contributed by atoms with E-state index in [1.165, 1.54) is 0 Å². The van der Waals surface area contributed by atoms with Gasteiger partial charge in [-0.3, -0.25) is 9.69 Å². The lowest BCUT2D eigenvalue weighted by Gasteiger charge is -2.21. The van der Waals surface area contributed by atoms with E-state index >= 15 is 0 Å². The predicted molar refractivity (Wildman–Crippen MR) is 74.1 cm³/mol. The quantitative estimate of drug-likeness (QED) is 0.875. The van der Waals surface area contributed by atoms with Crippen LogP contribution in [0.1, 0.15) is 12.5 Å². The lowest BCUT2D eigenvalue weighted by molar-refractivity contribution is -0.142. The zero-order chi connectivity index (χ0) is 13.7. The molecule has 0 amide bonds. The molecule has 1 aromatic rings. The largest absolute Gasteiger partial charge is 0.496 e. The molecule has 1 N–H and O–H groups in total. The maximum Gasteiger partial charge on any atom is 0.320 e. The summed E-state index contributed by atoms with van der Waals surface area (Å²) in [5, 5.41) is 8.90. The molecule has 4 nitrogen and oxygen atoms in total. The van der Waals surface area contributed by atoms with Gasteiger partial charge in [0.15, 0.2) is 0 Å². The summed E-state index contributed by atoms with van der Waals surface area (Å²) >= 11 is 3.43. The average Bonchev–Trinajstić information content (AvgIpc) is 2.35. The van der Waals surface area contributed by atoms with Crippen molar-refractivity contribution in [3.05, 3.63) is 28.2 Å². The Kier molecular flexibility index (Phi) is 5.62. The summed E-state index contributed by atoms with van der Waals surface area (Å²) in [4.78, 5) is 12.6. The van der Waals surface area contributed by atoms with Gasteiger partial charge in [-0.15, -0.1) is 0 Å². The Bertz CT molecular complexity index is 423. The molecule has 1 unspecified atom stereocenters. The van der Waals surface area contributed by atoms with Crippen molar-refractivity contribution in [2.45, 2.75) is 19.4 Å². The highest BCUT2D eigenvalue weighted by atomic mass is 79.9. The molecule has 0 aliphatic rings. The fraction of sp³-hybridized carbons (Fsp3) is 0.462. The number of hydrogen-bond acceptors (Lipinski definition) is 3. The van der Waals surface area contributed by atoms with Crippen molar-refractivity contribution in [1.82, 2.24) is 4.90 Å². The summed E-state index contributed by atoms with van der Waals surface area (Å²) in [6, 6.07) is 5.42. The van der Waals surface area contributed by atoms with E-state index in [1.54, 1.807) is 14.0 Å². The van der Waals surface area contributed by atoms with Gasteiger partial charge in [-0.2, -0.15) is 0 Å². The highest BCUT2D eigenvalue weighted by Gasteiger charge is 2.16. The van der Waals surface area contributed by atoms with Crippen molar-refractivity contribution >= 4 is 21.9 Å². The SMILES string of the molecule is COc1ccc(CCN(C)C(C)C(=O)O)cc1Br. The number of carboxylic acids is 1. The van der Waals surface area contributed by atoms with Crippen LogP contribution in [0.2, 0.25) is 0 Å². The van der Waals surface area contributed by atoms with Crippen LogP contribution in [0.3, 0.4) is 0 Å². The summed E-state index contributed by atoms with van der Waals surface area (Å²) in [6.07, 6.45) is 0.802. The molecule has 0 saturated carbocycles. The van der Waals surface area contributed by atoms with Crippen LogP contribution >= 0.6 is 15.9 Å². The van der Waals surface area contributed by atoms with Crippen LogP contribution in [0.4, 0.5) is 0 Å². The molecule has 0 heterocycles. The first-order valence-electron chi connectivity index (χ1n) is 5.71. The third-order valence-corrected chi connectivity index (χ3v) is 3.61. The normalized spacial score (nSPS) is 12.5. The van der Waals surface area contributed by atoms with Gasteiger partial charge < -0.3 is 9.84 Å². The minimum absolute atomic E-state index is 0.466. The second-order valence-corrected chi connectivity index (χ2v) is 5.07. The fourth-order valence-corrected chi connectivity index (χ4v) is 2.14. The Morgan fingerprint density at radius 1 is 1.56 bits per heavy atom. The molecular weight excluding hydrogens is 298 g/mol. The molecule has 0 aliphatic carbocycles. The summed E-state index contributed by atoms with van der Waals surface area (Å²) < 4.78 is 6.07. The number of rotatable bonds is 6. The molecule has 0 bridgehead atoms. The van der Waals surface area contributed by atoms with Crippen LogP contribution in [0.5, 0.6) is 5.75 Å². The molecule has 0 aliphatic heterocycles. The summed E-state index contributed by atoms with van der Waals surface area (Å²) in [5.74, 6) is -0.000537. The number of halogens is 1. The Morgan fingerprint density at radius 2 is 2.22 bits per heavy atom. The zero-order valence-electron chi connectivity index (χ0n) is 10.8. The molecule has 5 heteroatoms. The van der Waals surface area contributed by atoms with Gasteiger partial charge in [0.2, 0.25) is 0 Å². The van der Waals surface area contributed by atoms with Crippen molar-refractivity contribution < 1.29 is 14.6 Å². The highest BCUT2D eigenvalue weighted by molar-refractivity contribution is 9.10. The number of carbonyl (C=O) groups is 1. The van der Waals surface area contributed by atoms with E-state index < -0.39 is 12.0 Å². The summed E-state index contributed by atoms with van der Waals surface area (Å²) in [6.45, 7) is 2.39. The fourth-order valence-electron chi connectivity index (χ4n) is 1.55. The van der Waals surface area contributed by atoms with E-state index in [-0.39, 0.29) is 0 Å². The van der Waals surface area contributed by atoms with Crippen LogP contribution < -0.4 is 4.74 Å². The van der Waals surface area contributed by atoms with Crippen LogP contribution in [-0.2, 0) is 11.2 Å². The molecule has 1 aromatic carbocycles. The first-order chi connectivity index (χ1) is 8.45. The number of hydrogen-bond donors (Lipinski definition) is 1. The van der Waals surface area contributed by atoms with Crippen molar-refractivity contribution in [3.8, 4) is 5.75 Å². The van der Waals surface area contributed by atoms with Crippen LogP contribution in [0.25, 0.3) is 0 Å². The van der Waals surface area contributed by atoms with Crippen LogP contribution in [0.15, 0.2) is 22.7 Å². The summed E-state index contributed by atoms with van der Waals surface area (Å²) in [7, 11) is 3.44. The van der Waals surface area contributed by atoms with Crippen molar-refractivity contribution in [3.63, 3.8) is 0 Å². The first-order valence-corrected chi connectivity index (χ1v) is 6.50. The highest BCUT2D eigenvalue weighted by Crippen LogP contribution is 2.25. The Morgan fingerprint density at radius 3 is 2.72 bits per heavy atom. The first kappa shape index (κ1) is 15.0. The average molecular weight is 316 g/mol. The van der Waals surface area contributed by atoms with Gasteiger partial charge in [0.25, 0.3) is 0 Å². The number of methoxy groups -OCH3 is 1. The number of nitrogens with zero attached hydrogens (tertiary/aromatic N) is 1. The van der Waals surface area contributed by atoms with E-state index in [0.29, 0.717) is 6.54 Å². The number of ether oxygens (including phenoxy) is 1. The van der Waals surface area contributed by atoms with E-state index in [2.05, 4.69) is 15.9 Å². The van der Waals surface area contributed by atoms with E-state index in [9.17, 15) is 4.79 Å². The lowest BCUT2D eigenvalue weighted by atomic mass is 10.1. The zero-order valence-corrected chi connectivity index (χ0v) is 12.4. The molecule has 100 valence electrons. The second kappa shape index (κ2) is 6.75. The molecule has 1 rings (SSSR count). The molecule has 0 aromatic heterocycles. The standard InChI is InChI=1S/C13H18BrNO3/c1-9(13(16)17)15(2)7-6-10-4-5-12(18-3)11(14)8-10/h4-5,8-9H,6-7H2,1-3H3,(H,16,17). The number of carboxylic acid groups (broad SMARTS) is 1. The maximum atomic E-state index is 10.8. The van der Waals surface area contributed by atoms with Crippen LogP contribution in [0, 0.1) is 0 Å². The Labute approximate surface area is 116 Å². The van der Waals surface area contributed by atoms with Gasteiger partial charge in [0.05, 0.1) is 11.6 Å². The number of benzene rings is 1. The monoisotopic (exact) mass is 315 g/mol. The smallest absolute Gasteiger partial charge is 0.320 e. The molecule has 0 saturated heterocycles. The molecule has 18 heavy (non-hydrogen) atoms. The molecular formula is C13H18BrNO3. The third kappa shape index (κ3) is 3.99. The van der Waals surface area contributed by atoms with Gasteiger partial charge in [-0.25, -0.2) is 0 Å². The van der Waals surface area contributed by atoms with E-state index in [4.69, 9.17) is 9.84 Å². The predicted octanol–water partition coefficient (Wildman–Crippen LogP) is 2.41. The van der Waals surface area contributed by atoms with Gasteiger partial charge in [0, 0.05) is 6.54 Å². The van der Waals surface area contributed by atoms with Gasteiger partial charge in [0.1, 0.15) is 11.8 Å². The Balaban J connectivity index is 2.58. The molecule has 0 fully saturated rings. The third-order valence-electron chi connectivity index (χ3n) is 2.99. The summed E-state index contributed by atoms with van der Waals surface area (Å²) in [5.41, 5.74) is 1.15. The molecule has 0 spiro atoms. The minimum atomic E-state index is -0.798. The Hall–Kier alpha value is -1.07. The van der Waals surface area contributed by atoms with Gasteiger partial charge in [-0.1, -0.05) is 6.07 Å². The topological polar surface area (TPSA) is 49.8 Å². The van der Waals surface area contributed by atoms with Crippen molar-refractivity contribution in [1.29, 1.82) is 0 Å². The molecule has 0 radical (unpaired) electrons. The van der Waals surface area contributed by atoms with Gasteiger partial charge in [-0.05, 0) is 54.0 Å². The van der Waals surface area contributed by atoms with Crippen LogP contribution in [-0.4, -0.2) is 42.7 Å². The van der Waals surface area contributed by atoms with E-state index in [0.717, 1.165) is 22.2 Å². The second-order valence-electron chi connectivity index (χ2n) is 4.21. The van der Waals surface area contributed by atoms with Gasteiger partial charge >= 0.3 is 5.97 Å². The maximum absolute atomic E-state index is 10.8. The van der Waals surface area contributed by atoms with Crippen molar-refractivity contribution in [2.75, 3.05) is 20.7 Å². The number of aliphatic carboxylic acids is 1. The minimum Gasteiger partial charge on any atom is -0.496 e. The lowest BCUT2D eigenvalue weighted by Crippen LogP contribution is -2.37. The van der Waals surface area contributed by atoms with E-state index in [1.807, 2.05) is 30.1 Å². The van der Waals surface area contributed by atoms with Crippen molar-refractivity contribution in [2.24, 2.45) is 0 Å². The molecule has 1 atom stereocenters.